The molecule has 1 aliphatic heterocycles. The summed E-state index contributed by atoms with van der Waals surface area (Å²) in [5, 5.41) is 0.955. The zero-order valence-electron chi connectivity index (χ0n) is 9.84. The summed E-state index contributed by atoms with van der Waals surface area (Å²) in [7, 11) is 0. The summed E-state index contributed by atoms with van der Waals surface area (Å²) in [6.45, 7) is 7.85. The topological polar surface area (TPSA) is 12.5 Å². The maximum Gasteiger partial charge on any atom is 0.0806 e. The van der Waals surface area contributed by atoms with Crippen LogP contribution in [-0.4, -0.2) is 41.6 Å². The van der Waals surface area contributed by atoms with E-state index in [1.807, 2.05) is 0 Å². The van der Waals surface area contributed by atoms with Gasteiger partial charge in [0.1, 0.15) is 0 Å². The molecule has 88 valence electrons. The van der Waals surface area contributed by atoms with Gasteiger partial charge in [0.25, 0.3) is 0 Å². The van der Waals surface area contributed by atoms with Crippen LogP contribution in [0.5, 0.6) is 0 Å². The minimum absolute atomic E-state index is 0.0280. The highest BCUT2D eigenvalue weighted by Crippen LogP contribution is 2.33. The van der Waals surface area contributed by atoms with Crippen molar-refractivity contribution >= 4 is 15.9 Å². The van der Waals surface area contributed by atoms with E-state index in [1.165, 1.54) is 25.8 Å². The van der Waals surface area contributed by atoms with Crippen LogP contribution in [0.4, 0.5) is 0 Å². The van der Waals surface area contributed by atoms with Gasteiger partial charge in [-0.05, 0) is 32.7 Å². The van der Waals surface area contributed by atoms with Crippen molar-refractivity contribution in [2.24, 2.45) is 5.92 Å². The van der Waals surface area contributed by atoms with Crippen molar-refractivity contribution in [2.75, 3.05) is 25.0 Å². The molecule has 0 radical (unpaired) electrons. The number of alkyl halides is 1. The number of halogens is 1. The van der Waals surface area contributed by atoms with Crippen LogP contribution in [0.15, 0.2) is 0 Å². The summed E-state index contributed by atoms with van der Waals surface area (Å²) in [6.07, 6.45) is 4.70. The first-order chi connectivity index (χ1) is 7.09. The van der Waals surface area contributed by atoms with Gasteiger partial charge >= 0.3 is 0 Å². The third-order valence-corrected chi connectivity index (χ3v) is 4.00. The Morgan fingerprint density at radius 2 is 2.13 bits per heavy atom. The second-order valence-corrected chi connectivity index (χ2v) is 6.27. The van der Waals surface area contributed by atoms with E-state index >= 15 is 0 Å². The van der Waals surface area contributed by atoms with Gasteiger partial charge in [-0.3, -0.25) is 4.90 Å². The summed E-state index contributed by atoms with van der Waals surface area (Å²) < 4.78 is 5.99. The second kappa shape index (κ2) is 4.72. The molecule has 0 aromatic heterocycles. The van der Waals surface area contributed by atoms with Crippen molar-refractivity contribution in [1.82, 2.24) is 4.90 Å². The Bertz CT molecular complexity index is 216. The number of ether oxygens (including phenoxy) is 1. The molecular weight excluding hydrogens is 254 g/mol. The molecule has 2 rings (SSSR count). The molecule has 1 aliphatic carbocycles. The largest absolute Gasteiger partial charge is 0.369 e. The van der Waals surface area contributed by atoms with E-state index in [-0.39, 0.29) is 5.60 Å². The van der Waals surface area contributed by atoms with Crippen LogP contribution < -0.4 is 0 Å². The van der Waals surface area contributed by atoms with Gasteiger partial charge in [0, 0.05) is 18.4 Å². The fourth-order valence-electron chi connectivity index (χ4n) is 2.44. The van der Waals surface area contributed by atoms with Crippen molar-refractivity contribution in [1.29, 1.82) is 0 Å². The van der Waals surface area contributed by atoms with Crippen LogP contribution in [0.25, 0.3) is 0 Å². The molecule has 0 aromatic rings. The van der Waals surface area contributed by atoms with Gasteiger partial charge in [-0.1, -0.05) is 28.8 Å². The van der Waals surface area contributed by atoms with Crippen molar-refractivity contribution in [2.45, 2.75) is 44.8 Å². The lowest BCUT2D eigenvalue weighted by atomic mass is 10.1. The minimum Gasteiger partial charge on any atom is -0.369 e. The van der Waals surface area contributed by atoms with E-state index in [9.17, 15) is 0 Å². The molecule has 15 heavy (non-hydrogen) atoms. The van der Waals surface area contributed by atoms with Gasteiger partial charge in [0.15, 0.2) is 0 Å². The Balaban J connectivity index is 1.81. The highest BCUT2D eigenvalue weighted by atomic mass is 79.9. The average molecular weight is 276 g/mol. The quantitative estimate of drug-likeness (QED) is 0.732. The third kappa shape index (κ3) is 3.72. The maximum atomic E-state index is 5.99. The zero-order valence-corrected chi connectivity index (χ0v) is 11.4. The van der Waals surface area contributed by atoms with Crippen LogP contribution in [0, 0.1) is 5.92 Å². The molecule has 1 heterocycles. The first-order valence-electron chi connectivity index (χ1n) is 6.05. The molecule has 0 aromatic carbocycles. The SMILES string of the molecule is CC1(C)CN(CCC2CC2)CC(CBr)O1. The molecule has 1 saturated heterocycles. The number of rotatable bonds is 4. The Morgan fingerprint density at radius 1 is 1.40 bits per heavy atom. The fraction of sp³-hybridized carbons (Fsp3) is 1.00. The minimum atomic E-state index is 0.0280. The van der Waals surface area contributed by atoms with E-state index in [1.54, 1.807) is 0 Å². The van der Waals surface area contributed by atoms with E-state index in [0.29, 0.717) is 6.10 Å². The van der Waals surface area contributed by atoms with Crippen LogP contribution in [-0.2, 0) is 4.74 Å². The van der Waals surface area contributed by atoms with E-state index in [0.717, 1.165) is 24.3 Å². The number of morpholine rings is 1. The van der Waals surface area contributed by atoms with Crippen LogP contribution >= 0.6 is 15.9 Å². The van der Waals surface area contributed by atoms with Gasteiger partial charge in [0.2, 0.25) is 0 Å². The lowest BCUT2D eigenvalue weighted by Crippen LogP contribution is -2.53. The zero-order chi connectivity index (χ0) is 10.9. The third-order valence-electron chi connectivity index (χ3n) is 3.27. The van der Waals surface area contributed by atoms with Crippen molar-refractivity contribution in [3.63, 3.8) is 0 Å². The van der Waals surface area contributed by atoms with Crippen LogP contribution in [0.2, 0.25) is 0 Å². The Labute approximate surface area is 101 Å². The molecule has 2 aliphatic rings. The van der Waals surface area contributed by atoms with Crippen LogP contribution in [0.3, 0.4) is 0 Å². The van der Waals surface area contributed by atoms with Crippen molar-refractivity contribution in [3.05, 3.63) is 0 Å². The smallest absolute Gasteiger partial charge is 0.0806 e. The van der Waals surface area contributed by atoms with Gasteiger partial charge < -0.3 is 4.74 Å². The lowest BCUT2D eigenvalue weighted by molar-refractivity contribution is -0.126. The normalized spacial score (nSPS) is 31.8. The number of hydrogen-bond donors (Lipinski definition) is 0. The highest BCUT2D eigenvalue weighted by Gasteiger charge is 2.33. The molecule has 2 nitrogen and oxygen atoms in total. The van der Waals surface area contributed by atoms with Gasteiger partial charge in [-0.2, -0.15) is 0 Å². The molecule has 2 fully saturated rings. The Morgan fingerprint density at radius 3 is 2.73 bits per heavy atom. The van der Waals surface area contributed by atoms with Gasteiger partial charge in [-0.25, -0.2) is 0 Å². The molecule has 1 atom stereocenters. The second-order valence-electron chi connectivity index (χ2n) is 5.62. The van der Waals surface area contributed by atoms with Crippen molar-refractivity contribution in [3.8, 4) is 0 Å². The first-order valence-corrected chi connectivity index (χ1v) is 7.17. The maximum absolute atomic E-state index is 5.99. The molecule has 1 saturated carbocycles. The van der Waals surface area contributed by atoms with Crippen LogP contribution in [0.1, 0.15) is 33.1 Å². The molecular formula is C12H22BrNO. The summed E-state index contributed by atoms with van der Waals surface area (Å²) in [5.41, 5.74) is 0.0280. The molecule has 0 amide bonds. The molecule has 0 N–H and O–H groups in total. The molecule has 1 unspecified atom stereocenters. The summed E-state index contributed by atoms with van der Waals surface area (Å²) >= 11 is 3.53. The van der Waals surface area contributed by atoms with Crippen molar-refractivity contribution < 1.29 is 4.74 Å². The first kappa shape index (κ1) is 11.9. The standard InChI is InChI=1S/C12H22BrNO/c1-12(2)9-14(6-5-10-3-4-10)8-11(7-13)15-12/h10-11H,3-9H2,1-2H3. The summed E-state index contributed by atoms with van der Waals surface area (Å²) in [6, 6.07) is 0. The van der Waals surface area contributed by atoms with Gasteiger partial charge in [0.05, 0.1) is 11.7 Å². The highest BCUT2D eigenvalue weighted by molar-refractivity contribution is 9.09. The Hall–Kier alpha value is 0.400. The van der Waals surface area contributed by atoms with E-state index < -0.39 is 0 Å². The molecule has 3 heteroatoms. The monoisotopic (exact) mass is 275 g/mol. The number of nitrogens with zero attached hydrogens (tertiary/aromatic N) is 1. The lowest BCUT2D eigenvalue weighted by Gasteiger charge is -2.42. The predicted octanol–water partition coefficient (Wildman–Crippen LogP) is 2.66. The number of hydrogen-bond acceptors (Lipinski definition) is 2. The molecule has 0 bridgehead atoms. The summed E-state index contributed by atoms with van der Waals surface area (Å²) in [4.78, 5) is 2.58. The summed E-state index contributed by atoms with van der Waals surface area (Å²) in [5.74, 6) is 1.04. The Kier molecular flexibility index (Phi) is 3.74. The predicted molar refractivity (Wildman–Crippen MR) is 66.5 cm³/mol. The van der Waals surface area contributed by atoms with Gasteiger partial charge in [-0.15, -0.1) is 0 Å². The average Bonchev–Trinajstić information content (AvgIpc) is 2.95. The van der Waals surface area contributed by atoms with E-state index in [2.05, 4.69) is 34.7 Å². The fourth-order valence-corrected chi connectivity index (χ4v) is 2.78. The van der Waals surface area contributed by atoms with E-state index in [4.69, 9.17) is 4.74 Å². The molecule has 0 spiro atoms.